The zero-order chi connectivity index (χ0) is 36.0. The zero-order valence-electron chi connectivity index (χ0n) is 26.2. The van der Waals surface area contributed by atoms with Gasteiger partial charge in [-0.25, -0.2) is 48.6 Å². The molecule has 0 unspecified atom stereocenters. The van der Waals surface area contributed by atoms with E-state index >= 15 is 0 Å². The fourth-order valence-corrected chi connectivity index (χ4v) is 6.77. The molecular weight excluding hydrogens is 672 g/mol. The smallest absolute Gasteiger partial charge is 0.418 e. The highest BCUT2D eigenvalue weighted by atomic mass is 16.4. The first-order valence-electron chi connectivity index (χ1n) is 15.5. The quantitative estimate of drug-likeness (QED) is 0.119. The second-order valence-corrected chi connectivity index (χ2v) is 11.8. The van der Waals surface area contributed by atoms with Crippen LogP contribution in [-0.4, -0.2) is 77.4 Å². The van der Waals surface area contributed by atoms with Crippen LogP contribution in [0.15, 0.2) is 105 Å². The number of anilines is 2. The molecule has 6 aromatic rings. The summed E-state index contributed by atoms with van der Waals surface area (Å²) in [5, 5.41) is 45.8. The van der Waals surface area contributed by atoms with E-state index in [1.54, 1.807) is 54.6 Å². The molecule has 16 heteroatoms. The maximum atomic E-state index is 13.2. The highest BCUT2D eigenvalue weighted by molar-refractivity contribution is 6.34. The summed E-state index contributed by atoms with van der Waals surface area (Å²) in [6, 6.07) is 22.1. The van der Waals surface area contributed by atoms with E-state index in [9.17, 15) is 39.6 Å². The second kappa shape index (κ2) is 10.8. The SMILES string of the molecule is O=C(O)c1ccc2c3n(C(=O)O)c(c2c1)/N=C1\N=C(c2ccccc21)N(C(=O)O)c1[nH]c(c2ccccc12)/N=C1\N=C(N3)c2cccc(C(=O)O)c21. The lowest BCUT2D eigenvalue weighted by Crippen LogP contribution is -2.36. The molecule has 0 spiro atoms. The molecule has 4 aromatic carbocycles. The Hall–Kier alpha value is -7.88. The number of carboxylic acid groups (broad SMARTS) is 4. The highest BCUT2D eigenvalue weighted by Crippen LogP contribution is 2.41. The van der Waals surface area contributed by atoms with Gasteiger partial charge in [0.25, 0.3) is 0 Å². The molecule has 0 aliphatic carbocycles. The number of amidine groups is 4. The topological polar surface area (TPSA) is 235 Å². The molecule has 1 amide bonds. The molecule has 3 aliphatic rings. The van der Waals surface area contributed by atoms with Crippen molar-refractivity contribution in [2.24, 2.45) is 20.0 Å². The van der Waals surface area contributed by atoms with Crippen molar-refractivity contribution in [3.8, 4) is 0 Å². The number of amides is 1. The van der Waals surface area contributed by atoms with Crippen molar-refractivity contribution in [3.63, 3.8) is 0 Å². The largest absolute Gasteiger partial charge is 0.478 e. The number of hydrogen-bond acceptors (Lipinski definition) is 9. The number of fused-ring (bicyclic) bond motifs is 18. The number of carboxylic acids is 2. The van der Waals surface area contributed by atoms with E-state index in [0.29, 0.717) is 21.9 Å². The van der Waals surface area contributed by atoms with Gasteiger partial charge in [-0.1, -0.05) is 60.7 Å². The molecule has 52 heavy (non-hydrogen) atoms. The third-order valence-corrected chi connectivity index (χ3v) is 8.97. The van der Waals surface area contributed by atoms with Gasteiger partial charge < -0.3 is 30.7 Å². The zero-order valence-corrected chi connectivity index (χ0v) is 26.2. The van der Waals surface area contributed by atoms with Gasteiger partial charge in [-0.2, -0.15) is 0 Å². The minimum Gasteiger partial charge on any atom is -0.478 e. The summed E-state index contributed by atoms with van der Waals surface area (Å²) in [7, 11) is 0. The van der Waals surface area contributed by atoms with Gasteiger partial charge in [0.1, 0.15) is 23.3 Å². The number of hydrogen-bond donors (Lipinski definition) is 6. The van der Waals surface area contributed by atoms with Gasteiger partial charge in [0.05, 0.1) is 11.1 Å². The third kappa shape index (κ3) is 4.27. The fourth-order valence-electron chi connectivity index (χ4n) is 6.77. The Bertz CT molecular complexity index is 2810. The van der Waals surface area contributed by atoms with Gasteiger partial charge in [-0.3, -0.25) is 0 Å². The molecule has 16 nitrogen and oxygen atoms in total. The van der Waals surface area contributed by atoms with Crippen LogP contribution in [0.1, 0.15) is 43.0 Å². The van der Waals surface area contributed by atoms with Crippen molar-refractivity contribution in [3.05, 3.63) is 118 Å². The van der Waals surface area contributed by atoms with Crippen molar-refractivity contribution >= 4 is 92.3 Å². The molecule has 5 heterocycles. The van der Waals surface area contributed by atoms with Crippen LogP contribution in [0.4, 0.5) is 32.9 Å². The Morgan fingerprint density at radius 3 is 2.08 bits per heavy atom. The summed E-state index contributed by atoms with van der Waals surface area (Å²) in [6.07, 6.45) is -2.92. The predicted molar refractivity (Wildman–Crippen MR) is 190 cm³/mol. The number of aromatic carboxylic acids is 2. The Morgan fingerprint density at radius 1 is 0.615 bits per heavy atom. The van der Waals surface area contributed by atoms with E-state index in [4.69, 9.17) is 9.98 Å². The van der Waals surface area contributed by atoms with Crippen molar-refractivity contribution in [1.29, 1.82) is 0 Å². The van der Waals surface area contributed by atoms with E-state index in [0.717, 1.165) is 9.47 Å². The van der Waals surface area contributed by atoms with Crippen LogP contribution in [0, 0.1) is 0 Å². The van der Waals surface area contributed by atoms with Gasteiger partial charge in [0.15, 0.2) is 23.3 Å². The first kappa shape index (κ1) is 30.2. The van der Waals surface area contributed by atoms with E-state index in [2.05, 4.69) is 20.3 Å². The van der Waals surface area contributed by atoms with Crippen LogP contribution in [0.2, 0.25) is 0 Å². The second-order valence-electron chi connectivity index (χ2n) is 11.8. The number of aromatic nitrogens is 2. The average molecular weight is 693 g/mol. The normalized spacial score (nSPS) is 16.2. The number of aliphatic imine (C=N–C) groups is 4. The van der Waals surface area contributed by atoms with Crippen molar-refractivity contribution in [2.45, 2.75) is 0 Å². The number of nitrogens with zero attached hydrogens (tertiary/aromatic N) is 6. The van der Waals surface area contributed by atoms with Crippen molar-refractivity contribution in [2.75, 3.05) is 10.2 Å². The van der Waals surface area contributed by atoms with Crippen molar-refractivity contribution in [1.82, 2.24) is 9.55 Å². The van der Waals surface area contributed by atoms with Crippen LogP contribution < -0.4 is 10.2 Å². The number of rotatable bonds is 2. The monoisotopic (exact) mass is 692 g/mol. The van der Waals surface area contributed by atoms with E-state index in [1.807, 2.05) is 0 Å². The summed E-state index contributed by atoms with van der Waals surface area (Å²) in [4.78, 5) is 73.7. The summed E-state index contributed by atoms with van der Waals surface area (Å²) >= 11 is 0. The number of nitrogens with one attached hydrogen (secondary N) is 2. The molecule has 6 N–H and O–H groups in total. The van der Waals surface area contributed by atoms with Crippen molar-refractivity contribution < 1.29 is 39.6 Å². The van der Waals surface area contributed by atoms with E-state index in [1.165, 1.54) is 30.3 Å². The third-order valence-electron chi connectivity index (χ3n) is 8.97. The molecule has 0 radical (unpaired) electrons. The summed E-state index contributed by atoms with van der Waals surface area (Å²) in [5.41, 5.74) is 0.870. The van der Waals surface area contributed by atoms with Gasteiger partial charge in [0.2, 0.25) is 0 Å². The molecule has 0 fully saturated rings. The molecule has 0 saturated carbocycles. The predicted octanol–water partition coefficient (Wildman–Crippen LogP) is 6.33. The van der Waals surface area contributed by atoms with Crippen LogP contribution in [-0.2, 0) is 0 Å². The minimum absolute atomic E-state index is 0.0378. The molecule has 0 saturated heterocycles. The minimum atomic E-state index is -1.51. The molecule has 9 rings (SSSR count). The summed E-state index contributed by atoms with van der Waals surface area (Å²) in [5.74, 6) is -2.71. The Kier molecular flexibility index (Phi) is 6.28. The molecule has 2 aromatic heterocycles. The Balaban J connectivity index is 1.44. The van der Waals surface area contributed by atoms with Crippen LogP contribution in [0.5, 0.6) is 0 Å². The maximum absolute atomic E-state index is 13.2. The highest BCUT2D eigenvalue weighted by Gasteiger charge is 2.35. The molecule has 8 bridgehead atoms. The van der Waals surface area contributed by atoms with Crippen LogP contribution in [0.25, 0.3) is 21.5 Å². The first-order chi connectivity index (χ1) is 25.1. The fraction of sp³-hybridized carbons (Fsp3) is 0. The number of carbonyl (C=O) groups is 4. The van der Waals surface area contributed by atoms with Crippen LogP contribution in [0.3, 0.4) is 0 Å². The van der Waals surface area contributed by atoms with E-state index in [-0.39, 0.29) is 79.6 Å². The first-order valence-corrected chi connectivity index (χ1v) is 15.5. The summed E-state index contributed by atoms with van der Waals surface area (Å²) < 4.78 is 0.809. The molecule has 3 aliphatic heterocycles. The van der Waals surface area contributed by atoms with Gasteiger partial charge in [-0.05, 0) is 24.3 Å². The van der Waals surface area contributed by atoms with Gasteiger partial charge >= 0.3 is 24.1 Å². The lowest BCUT2D eigenvalue weighted by molar-refractivity contribution is 0.0686. The maximum Gasteiger partial charge on any atom is 0.418 e. The van der Waals surface area contributed by atoms with E-state index < -0.39 is 24.1 Å². The summed E-state index contributed by atoms with van der Waals surface area (Å²) in [6.45, 7) is 0. The number of aromatic amines is 1. The Morgan fingerprint density at radius 2 is 1.35 bits per heavy atom. The van der Waals surface area contributed by atoms with Gasteiger partial charge in [-0.15, -0.1) is 0 Å². The molecular formula is C36H20N8O8. The lowest BCUT2D eigenvalue weighted by Gasteiger charge is -2.18. The average Bonchev–Trinajstić information content (AvgIpc) is 3.86. The lowest BCUT2D eigenvalue weighted by atomic mass is 10.0. The molecule has 0 atom stereocenters. The Labute approximate surface area is 289 Å². The number of benzene rings is 4. The van der Waals surface area contributed by atoms with Gasteiger partial charge in [0, 0.05) is 43.8 Å². The standard InChI is InChI=1S/C36H20N8O8/c45-33(46)15-12-13-20-23(14-15)32-41-26-17-7-2-4-9-19(17)30(40-26)43(35(49)50)29-18-8-3-1-6-16(18)25(39-29)37-28-24-21(10-5-11-22(24)34(47)48)27(38-28)42-31(20)44(32)36(51)52/h1-14,39H,(H,45,46)(H,47,48)(H,49,50)(H,51,52)(H,37,38,42)/b41-26-. The molecule has 252 valence electrons. The number of H-pyrrole nitrogens is 1. The van der Waals surface area contributed by atoms with Crippen LogP contribution >= 0.6 is 0 Å².